The SMILES string of the molecule is CC(=NN=C(N)N)c1cn(S(=O)(=O)c2ccc3ccccc3c2)c2ccc(Cl)cc12.CC(=NN=C(N)N)c1cn(S(=O)(=O)c2ccccc2)c2ccc(Cl)cc12. The number of aromatic nitrogens is 2. The van der Waals surface area contributed by atoms with E-state index in [-0.39, 0.29) is 21.7 Å². The summed E-state index contributed by atoms with van der Waals surface area (Å²) in [6.07, 6.45) is 3.00. The van der Waals surface area contributed by atoms with Crippen LogP contribution in [0.5, 0.6) is 0 Å². The van der Waals surface area contributed by atoms with Crippen LogP contribution in [0.3, 0.4) is 0 Å². The lowest BCUT2D eigenvalue weighted by Crippen LogP contribution is -2.22. The summed E-state index contributed by atoms with van der Waals surface area (Å²) in [5, 5.41) is 19.2. The maximum absolute atomic E-state index is 13.5. The fraction of sp³-hybridized carbons (Fsp3) is 0.0526. The Balaban J connectivity index is 0.000000192. The summed E-state index contributed by atoms with van der Waals surface area (Å²) in [6, 6.07) is 30.7. The Kier molecular flexibility index (Phi) is 11.2. The van der Waals surface area contributed by atoms with Gasteiger partial charge in [-0.3, -0.25) is 0 Å². The molecule has 2 aromatic heterocycles. The van der Waals surface area contributed by atoms with E-state index in [0.717, 1.165) is 10.8 Å². The van der Waals surface area contributed by atoms with Crippen molar-refractivity contribution in [1.29, 1.82) is 0 Å². The summed E-state index contributed by atoms with van der Waals surface area (Å²) in [5.74, 6) is -0.386. The van der Waals surface area contributed by atoms with Gasteiger partial charge < -0.3 is 22.9 Å². The average Bonchev–Trinajstić information content (AvgIpc) is 3.76. The van der Waals surface area contributed by atoms with Gasteiger partial charge in [-0.2, -0.15) is 10.2 Å². The van der Waals surface area contributed by atoms with Crippen LogP contribution in [0.25, 0.3) is 32.6 Å². The Bertz CT molecular complexity index is 2990. The molecule has 0 atom stereocenters. The first kappa shape index (κ1) is 39.5. The van der Waals surface area contributed by atoms with Crippen molar-refractivity contribution in [1.82, 2.24) is 7.94 Å². The predicted octanol–water partition coefficient (Wildman–Crippen LogP) is 6.21. The molecule has 0 fully saturated rings. The minimum absolute atomic E-state index is 0.178. The van der Waals surface area contributed by atoms with Crippen molar-refractivity contribution < 1.29 is 16.8 Å². The summed E-state index contributed by atoms with van der Waals surface area (Å²) in [5.41, 5.74) is 24.3. The highest BCUT2D eigenvalue weighted by Crippen LogP contribution is 2.31. The Morgan fingerprint density at radius 1 is 0.518 bits per heavy atom. The molecular weight excluding hydrogens is 796 g/mol. The van der Waals surface area contributed by atoms with Gasteiger partial charge >= 0.3 is 0 Å². The fourth-order valence-electron chi connectivity index (χ4n) is 5.84. The molecule has 5 aromatic carbocycles. The zero-order valence-electron chi connectivity index (χ0n) is 29.7. The Hall–Kier alpha value is -6.20. The maximum Gasteiger partial charge on any atom is 0.268 e. The predicted molar refractivity (Wildman–Crippen MR) is 225 cm³/mol. The first-order valence-electron chi connectivity index (χ1n) is 16.5. The van der Waals surface area contributed by atoms with Crippen molar-refractivity contribution in [2.45, 2.75) is 23.6 Å². The van der Waals surface area contributed by atoms with Crippen LogP contribution in [-0.4, -0.2) is 48.1 Å². The van der Waals surface area contributed by atoms with E-state index in [1.165, 1.54) is 32.5 Å². The third-order valence-corrected chi connectivity index (χ3v) is 12.3. The van der Waals surface area contributed by atoms with Crippen LogP contribution in [0.4, 0.5) is 0 Å². The van der Waals surface area contributed by atoms with Crippen LogP contribution >= 0.6 is 23.2 Å². The van der Waals surface area contributed by atoms with Gasteiger partial charge in [-0.15, -0.1) is 10.2 Å². The molecule has 0 unspecified atom stereocenters. The van der Waals surface area contributed by atoms with Crippen molar-refractivity contribution in [2.24, 2.45) is 43.3 Å². The van der Waals surface area contributed by atoms with E-state index in [1.54, 1.807) is 86.6 Å². The van der Waals surface area contributed by atoms with Gasteiger partial charge in [-0.05, 0) is 85.3 Å². The van der Waals surface area contributed by atoms with Crippen molar-refractivity contribution in [2.75, 3.05) is 0 Å². The summed E-state index contributed by atoms with van der Waals surface area (Å²) >= 11 is 12.3. The average molecular weight is 830 g/mol. The molecule has 0 amide bonds. The molecule has 18 heteroatoms. The molecule has 8 N–H and O–H groups in total. The van der Waals surface area contributed by atoms with Gasteiger partial charge in [0.1, 0.15) is 0 Å². The lowest BCUT2D eigenvalue weighted by atomic mass is 10.1. The molecule has 2 heterocycles. The smallest absolute Gasteiger partial charge is 0.268 e. The fourth-order valence-corrected chi connectivity index (χ4v) is 8.98. The molecule has 0 spiro atoms. The van der Waals surface area contributed by atoms with E-state index in [9.17, 15) is 16.8 Å². The van der Waals surface area contributed by atoms with Gasteiger partial charge in [0.05, 0.1) is 32.2 Å². The van der Waals surface area contributed by atoms with E-state index < -0.39 is 20.0 Å². The number of benzene rings is 5. The van der Waals surface area contributed by atoms with Crippen molar-refractivity contribution >= 4 is 99.2 Å². The second kappa shape index (κ2) is 15.9. The van der Waals surface area contributed by atoms with Gasteiger partial charge in [0.25, 0.3) is 20.0 Å². The molecule has 7 rings (SSSR count). The first-order valence-corrected chi connectivity index (χ1v) is 20.1. The van der Waals surface area contributed by atoms with Gasteiger partial charge in [-0.1, -0.05) is 71.7 Å². The summed E-state index contributed by atoms with van der Waals surface area (Å²) in [7, 11) is -7.67. The third kappa shape index (κ3) is 8.08. The highest BCUT2D eigenvalue weighted by molar-refractivity contribution is 7.90. The van der Waals surface area contributed by atoms with E-state index in [0.29, 0.717) is 54.4 Å². The molecule has 0 aliphatic heterocycles. The van der Waals surface area contributed by atoms with Crippen LogP contribution in [0.1, 0.15) is 25.0 Å². The number of rotatable bonds is 8. The topological polar surface area (TPSA) is 232 Å². The number of nitrogens with two attached hydrogens (primary N) is 4. The zero-order valence-corrected chi connectivity index (χ0v) is 32.9. The number of hydrogen-bond donors (Lipinski definition) is 4. The molecule has 14 nitrogen and oxygen atoms in total. The maximum atomic E-state index is 13.5. The largest absolute Gasteiger partial charge is 0.369 e. The minimum Gasteiger partial charge on any atom is -0.369 e. The lowest BCUT2D eigenvalue weighted by Gasteiger charge is -2.09. The van der Waals surface area contributed by atoms with Gasteiger partial charge in [0, 0.05) is 44.3 Å². The van der Waals surface area contributed by atoms with E-state index in [4.69, 9.17) is 46.1 Å². The lowest BCUT2D eigenvalue weighted by molar-refractivity contribution is 0.587. The van der Waals surface area contributed by atoms with Gasteiger partial charge in [-0.25, -0.2) is 24.8 Å². The number of fused-ring (bicyclic) bond motifs is 3. The van der Waals surface area contributed by atoms with Crippen LogP contribution < -0.4 is 22.9 Å². The summed E-state index contributed by atoms with van der Waals surface area (Å²) in [4.78, 5) is 0.357. The standard InChI is InChI=1S/C21H18ClN5O2S.C17H16ClN5O2S/c1-13(25-26-21(23)24)19-12-27(20-9-7-16(22)11-18(19)20)30(28,29)17-8-6-14-4-2-3-5-15(14)10-17;1-11(21-22-17(19)20)15-10-23(16-8-7-12(18)9-14(15)16)26(24,25)13-5-3-2-4-6-13/h2-12H,1H3,(H4,23,24,26);2-10H,1H3,(H4,19,20,22). The minimum atomic E-state index is -3.88. The number of nitrogens with zero attached hydrogens (tertiary/aromatic N) is 6. The number of hydrogen-bond acceptors (Lipinski definition) is 8. The molecule has 0 bridgehead atoms. The zero-order chi connectivity index (χ0) is 40.4. The molecule has 7 aromatic rings. The van der Waals surface area contributed by atoms with E-state index >= 15 is 0 Å². The third-order valence-electron chi connectivity index (χ3n) is 8.45. The van der Waals surface area contributed by atoms with E-state index in [2.05, 4.69) is 20.4 Å². The Morgan fingerprint density at radius 3 is 1.45 bits per heavy atom. The quantitative estimate of drug-likeness (QED) is 0.0779. The second-order valence-corrected chi connectivity index (χ2v) is 16.8. The van der Waals surface area contributed by atoms with E-state index in [1.807, 2.05) is 24.3 Å². The number of halogens is 2. The van der Waals surface area contributed by atoms with Crippen LogP contribution in [0.15, 0.2) is 152 Å². The summed E-state index contributed by atoms with van der Waals surface area (Å²) < 4.78 is 55.6. The molecule has 0 radical (unpaired) electrons. The second-order valence-electron chi connectivity index (χ2n) is 12.3. The molecule has 0 saturated heterocycles. The Labute approximate surface area is 332 Å². The van der Waals surface area contributed by atoms with Crippen LogP contribution in [-0.2, 0) is 20.0 Å². The van der Waals surface area contributed by atoms with Crippen molar-refractivity contribution in [3.05, 3.63) is 143 Å². The molecule has 286 valence electrons. The molecule has 0 aliphatic rings. The number of guanidine groups is 2. The van der Waals surface area contributed by atoms with Crippen LogP contribution in [0.2, 0.25) is 10.0 Å². The van der Waals surface area contributed by atoms with Gasteiger partial charge in [0.15, 0.2) is 0 Å². The Morgan fingerprint density at radius 2 is 0.964 bits per heavy atom. The molecular formula is C38H34Cl2N10O4S2. The van der Waals surface area contributed by atoms with Crippen molar-refractivity contribution in [3.8, 4) is 0 Å². The normalized spacial score (nSPS) is 12.4. The highest BCUT2D eigenvalue weighted by atomic mass is 35.5. The van der Waals surface area contributed by atoms with Gasteiger partial charge in [0.2, 0.25) is 11.9 Å². The molecule has 0 aliphatic carbocycles. The van der Waals surface area contributed by atoms with Crippen molar-refractivity contribution in [3.63, 3.8) is 0 Å². The molecule has 56 heavy (non-hydrogen) atoms. The first-order chi connectivity index (χ1) is 26.6. The monoisotopic (exact) mass is 828 g/mol. The molecule has 0 saturated carbocycles. The summed E-state index contributed by atoms with van der Waals surface area (Å²) in [6.45, 7) is 3.37. The van der Waals surface area contributed by atoms with Crippen LogP contribution in [0, 0.1) is 0 Å². The highest BCUT2D eigenvalue weighted by Gasteiger charge is 2.24.